The topological polar surface area (TPSA) is 101 Å². The van der Waals surface area contributed by atoms with Crippen LogP contribution in [0.4, 0.5) is 0 Å². The normalized spacial score (nSPS) is 13.9. The van der Waals surface area contributed by atoms with Crippen molar-refractivity contribution in [2.45, 2.75) is 45.7 Å². The summed E-state index contributed by atoms with van der Waals surface area (Å²) in [6, 6.07) is -0.420. The molecule has 0 aliphatic carbocycles. The molecular formula is C12H27N5O2. The Hall–Kier alpha value is -1.34. The zero-order valence-electron chi connectivity index (χ0n) is 12.5. The van der Waals surface area contributed by atoms with Crippen LogP contribution in [0.5, 0.6) is 0 Å². The zero-order valence-corrected chi connectivity index (χ0v) is 12.5. The molecule has 0 aliphatic heterocycles. The van der Waals surface area contributed by atoms with Crippen LogP contribution in [-0.4, -0.2) is 43.7 Å². The SMILES string of the molecule is COCCCN=C(NN)NC(C)C(=O)NC(C)(C)C. The molecule has 1 unspecified atom stereocenters. The average molecular weight is 273 g/mol. The molecule has 0 fully saturated rings. The summed E-state index contributed by atoms with van der Waals surface area (Å²) in [5.74, 6) is 5.65. The van der Waals surface area contributed by atoms with Gasteiger partial charge in [-0.05, 0) is 34.1 Å². The number of hydrazine groups is 1. The van der Waals surface area contributed by atoms with E-state index in [1.165, 1.54) is 0 Å². The minimum Gasteiger partial charge on any atom is -0.385 e. The lowest BCUT2D eigenvalue weighted by Crippen LogP contribution is -2.54. The van der Waals surface area contributed by atoms with Crippen LogP contribution in [-0.2, 0) is 9.53 Å². The van der Waals surface area contributed by atoms with E-state index >= 15 is 0 Å². The fraction of sp³-hybridized carbons (Fsp3) is 0.833. The van der Waals surface area contributed by atoms with Crippen molar-refractivity contribution in [2.75, 3.05) is 20.3 Å². The fourth-order valence-electron chi connectivity index (χ4n) is 1.28. The second kappa shape index (κ2) is 8.71. The number of carbonyl (C=O) groups is 1. The van der Waals surface area contributed by atoms with Crippen molar-refractivity contribution in [1.29, 1.82) is 0 Å². The second-order valence-electron chi connectivity index (χ2n) is 5.33. The predicted octanol–water partition coefficient (Wildman–Crippen LogP) is -0.265. The highest BCUT2D eigenvalue weighted by Gasteiger charge is 2.19. The summed E-state index contributed by atoms with van der Waals surface area (Å²) < 4.78 is 4.93. The van der Waals surface area contributed by atoms with Gasteiger partial charge in [0.25, 0.3) is 0 Å². The molecule has 0 spiro atoms. The van der Waals surface area contributed by atoms with E-state index in [1.54, 1.807) is 14.0 Å². The number of rotatable bonds is 6. The van der Waals surface area contributed by atoms with Gasteiger partial charge >= 0.3 is 0 Å². The number of aliphatic imine (C=N–C) groups is 1. The molecule has 0 saturated heterocycles. The molecule has 5 N–H and O–H groups in total. The number of guanidine groups is 1. The van der Waals surface area contributed by atoms with Crippen LogP contribution in [0.3, 0.4) is 0 Å². The molecule has 1 amide bonds. The molecule has 0 aliphatic rings. The van der Waals surface area contributed by atoms with Crippen molar-refractivity contribution in [3.05, 3.63) is 0 Å². The van der Waals surface area contributed by atoms with Crippen LogP contribution in [0.25, 0.3) is 0 Å². The van der Waals surface area contributed by atoms with Crippen LogP contribution in [0.2, 0.25) is 0 Å². The van der Waals surface area contributed by atoms with Crippen molar-refractivity contribution in [3.63, 3.8) is 0 Å². The first kappa shape index (κ1) is 17.7. The van der Waals surface area contributed by atoms with Gasteiger partial charge in [-0.1, -0.05) is 0 Å². The second-order valence-corrected chi connectivity index (χ2v) is 5.33. The lowest BCUT2D eigenvalue weighted by Gasteiger charge is -2.24. The van der Waals surface area contributed by atoms with Crippen molar-refractivity contribution in [2.24, 2.45) is 10.8 Å². The number of hydrogen-bond acceptors (Lipinski definition) is 4. The van der Waals surface area contributed by atoms with Gasteiger partial charge in [0.15, 0.2) is 0 Å². The Labute approximate surface area is 115 Å². The van der Waals surface area contributed by atoms with Crippen molar-refractivity contribution in [3.8, 4) is 0 Å². The van der Waals surface area contributed by atoms with Gasteiger partial charge in [0.2, 0.25) is 11.9 Å². The molecule has 0 radical (unpaired) electrons. The van der Waals surface area contributed by atoms with Gasteiger partial charge in [0.1, 0.15) is 6.04 Å². The van der Waals surface area contributed by atoms with E-state index in [9.17, 15) is 4.79 Å². The zero-order chi connectivity index (χ0) is 14.9. The summed E-state index contributed by atoms with van der Waals surface area (Å²) in [5, 5.41) is 5.81. The van der Waals surface area contributed by atoms with E-state index in [0.717, 1.165) is 6.42 Å². The van der Waals surface area contributed by atoms with Gasteiger partial charge in [-0.3, -0.25) is 15.2 Å². The Balaban J connectivity index is 4.25. The van der Waals surface area contributed by atoms with Gasteiger partial charge in [-0.15, -0.1) is 0 Å². The number of nitrogens with one attached hydrogen (secondary N) is 3. The number of amides is 1. The summed E-state index contributed by atoms with van der Waals surface area (Å²) in [7, 11) is 1.64. The third-order valence-electron chi connectivity index (χ3n) is 2.16. The van der Waals surface area contributed by atoms with E-state index < -0.39 is 6.04 Å². The number of hydrogen-bond donors (Lipinski definition) is 4. The minimum atomic E-state index is -0.420. The van der Waals surface area contributed by atoms with Crippen molar-refractivity contribution < 1.29 is 9.53 Å². The van der Waals surface area contributed by atoms with Crippen molar-refractivity contribution >= 4 is 11.9 Å². The van der Waals surface area contributed by atoms with Gasteiger partial charge in [-0.2, -0.15) is 0 Å². The average Bonchev–Trinajstić information content (AvgIpc) is 2.30. The number of ether oxygens (including phenoxy) is 1. The van der Waals surface area contributed by atoms with E-state index in [2.05, 4.69) is 21.1 Å². The molecule has 0 aromatic rings. The molecule has 0 rings (SSSR count). The molecule has 0 heterocycles. The van der Waals surface area contributed by atoms with Gasteiger partial charge in [-0.25, -0.2) is 5.84 Å². The summed E-state index contributed by atoms with van der Waals surface area (Å²) in [6.45, 7) is 8.76. The number of carbonyl (C=O) groups excluding carboxylic acids is 1. The van der Waals surface area contributed by atoms with Gasteiger partial charge in [0.05, 0.1) is 0 Å². The third-order valence-corrected chi connectivity index (χ3v) is 2.16. The highest BCUT2D eigenvalue weighted by Crippen LogP contribution is 1.99. The summed E-state index contributed by atoms with van der Waals surface area (Å²) >= 11 is 0. The van der Waals surface area contributed by atoms with E-state index in [1.807, 2.05) is 20.8 Å². The van der Waals surface area contributed by atoms with E-state index in [-0.39, 0.29) is 11.4 Å². The molecule has 7 nitrogen and oxygen atoms in total. The molecular weight excluding hydrogens is 246 g/mol. The van der Waals surface area contributed by atoms with Gasteiger partial charge in [0, 0.05) is 25.8 Å². The highest BCUT2D eigenvalue weighted by molar-refractivity contribution is 5.88. The quantitative estimate of drug-likeness (QED) is 0.176. The lowest BCUT2D eigenvalue weighted by molar-refractivity contribution is -0.123. The maximum Gasteiger partial charge on any atom is 0.242 e. The number of nitrogens with two attached hydrogens (primary N) is 1. The Morgan fingerprint density at radius 1 is 1.42 bits per heavy atom. The summed E-state index contributed by atoms with van der Waals surface area (Å²) in [4.78, 5) is 16.1. The Kier molecular flexibility index (Phi) is 8.09. The third kappa shape index (κ3) is 9.26. The molecule has 0 aromatic carbocycles. The first-order chi connectivity index (χ1) is 8.80. The highest BCUT2D eigenvalue weighted by atomic mass is 16.5. The minimum absolute atomic E-state index is 0.104. The van der Waals surface area contributed by atoms with Crippen LogP contribution in [0.15, 0.2) is 4.99 Å². The monoisotopic (exact) mass is 273 g/mol. The van der Waals surface area contributed by atoms with Crippen LogP contribution in [0.1, 0.15) is 34.1 Å². The standard InChI is InChI=1S/C12H27N5O2/c1-9(10(18)16-12(2,3)4)15-11(17-13)14-7-6-8-19-5/h9H,6-8,13H2,1-5H3,(H,16,18)(H2,14,15,17). The van der Waals surface area contributed by atoms with Crippen LogP contribution >= 0.6 is 0 Å². The van der Waals surface area contributed by atoms with Crippen molar-refractivity contribution in [1.82, 2.24) is 16.1 Å². The van der Waals surface area contributed by atoms with E-state index in [0.29, 0.717) is 19.1 Å². The smallest absolute Gasteiger partial charge is 0.242 e. The molecule has 0 bridgehead atoms. The molecule has 1 atom stereocenters. The molecule has 112 valence electrons. The molecule has 0 aromatic heterocycles. The van der Waals surface area contributed by atoms with Crippen LogP contribution in [0, 0.1) is 0 Å². The number of nitrogens with zero attached hydrogens (tertiary/aromatic N) is 1. The fourth-order valence-corrected chi connectivity index (χ4v) is 1.28. The number of methoxy groups -OCH3 is 1. The predicted molar refractivity (Wildman–Crippen MR) is 76.6 cm³/mol. The largest absolute Gasteiger partial charge is 0.385 e. The summed E-state index contributed by atoms with van der Waals surface area (Å²) in [5.41, 5.74) is 2.18. The molecule has 7 heteroatoms. The summed E-state index contributed by atoms with van der Waals surface area (Å²) in [6.07, 6.45) is 0.798. The molecule has 19 heavy (non-hydrogen) atoms. The van der Waals surface area contributed by atoms with Crippen LogP contribution < -0.4 is 21.9 Å². The first-order valence-electron chi connectivity index (χ1n) is 6.38. The Morgan fingerprint density at radius 3 is 2.53 bits per heavy atom. The first-order valence-corrected chi connectivity index (χ1v) is 6.38. The van der Waals surface area contributed by atoms with Gasteiger partial charge < -0.3 is 15.4 Å². The Morgan fingerprint density at radius 2 is 2.05 bits per heavy atom. The maximum absolute atomic E-state index is 11.9. The Bertz CT molecular complexity index is 299. The maximum atomic E-state index is 11.9. The van der Waals surface area contributed by atoms with E-state index in [4.69, 9.17) is 10.6 Å². The molecule has 0 saturated carbocycles. The lowest BCUT2D eigenvalue weighted by atomic mass is 10.1.